The third kappa shape index (κ3) is 5.97. The van der Waals surface area contributed by atoms with Crippen molar-refractivity contribution in [2.75, 3.05) is 5.88 Å². The van der Waals surface area contributed by atoms with Gasteiger partial charge in [0.1, 0.15) is 10.5 Å². The van der Waals surface area contributed by atoms with Gasteiger partial charge >= 0.3 is 0 Å². The maximum absolute atomic E-state index is 12.1. The van der Waals surface area contributed by atoms with Gasteiger partial charge in [0, 0.05) is 11.8 Å². The Hall–Kier alpha value is -0.783. The minimum atomic E-state index is -1.89. The van der Waals surface area contributed by atoms with E-state index in [1.165, 1.54) is 0 Å². The number of aliphatic imine (C=N–C) groups is 1. The molecule has 0 aliphatic heterocycles. The van der Waals surface area contributed by atoms with Gasteiger partial charge in [-0.2, -0.15) is 0 Å². The second kappa shape index (κ2) is 7.41. The van der Waals surface area contributed by atoms with E-state index in [0.29, 0.717) is 5.88 Å². The van der Waals surface area contributed by atoms with Crippen LogP contribution in [0.15, 0.2) is 29.3 Å². The van der Waals surface area contributed by atoms with Gasteiger partial charge in [-0.1, -0.05) is 32.9 Å². The molecule has 0 amide bonds. The van der Waals surface area contributed by atoms with Crippen molar-refractivity contribution >= 4 is 25.7 Å². The molecule has 0 aliphatic carbocycles. The number of rotatable bonds is 5. The average Bonchev–Trinajstić information content (AvgIpc) is 2.37. The molecule has 1 rings (SSSR count). The van der Waals surface area contributed by atoms with Crippen molar-refractivity contribution in [1.29, 1.82) is 0 Å². The van der Waals surface area contributed by atoms with E-state index in [1.54, 1.807) is 6.21 Å². The minimum absolute atomic E-state index is 0.144. The van der Waals surface area contributed by atoms with Crippen molar-refractivity contribution in [1.82, 2.24) is 0 Å². The van der Waals surface area contributed by atoms with Gasteiger partial charge in [0.15, 0.2) is 5.88 Å². The van der Waals surface area contributed by atoms with E-state index in [1.807, 2.05) is 45.0 Å². The lowest BCUT2D eigenvalue weighted by molar-refractivity contribution is 0.491. The fourth-order valence-electron chi connectivity index (χ4n) is 1.51. The van der Waals surface area contributed by atoms with Crippen LogP contribution in [-0.2, 0) is 11.2 Å². The highest BCUT2D eigenvalue weighted by Gasteiger charge is 2.39. The number of hydrogen-bond acceptors (Lipinski definition) is 3. The Balaban J connectivity index is 2.91. The predicted molar refractivity (Wildman–Crippen MR) is 105 cm³/mol. The largest absolute Gasteiger partial charge is 0.614 e. The molecule has 0 aliphatic rings. The first-order chi connectivity index (χ1) is 10.3. The number of para-hydroxylation sites is 1. The topological polar surface area (TPSA) is 44.7 Å². The normalized spacial score (nSPS) is 15.0. The smallest absolute Gasteiger partial charge is 0.250 e. The molecule has 3 nitrogen and oxygen atoms in total. The van der Waals surface area contributed by atoms with Gasteiger partial charge in [-0.3, -0.25) is 0 Å². The zero-order valence-electron chi connectivity index (χ0n) is 15.8. The Morgan fingerprint density at radius 3 is 2.22 bits per heavy atom. The van der Waals surface area contributed by atoms with E-state index in [4.69, 9.17) is 4.43 Å². The van der Waals surface area contributed by atoms with E-state index in [2.05, 4.69) is 38.9 Å². The van der Waals surface area contributed by atoms with Crippen molar-refractivity contribution in [2.24, 2.45) is 4.99 Å². The molecule has 0 fully saturated rings. The fourth-order valence-corrected chi connectivity index (χ4v) is 3.14. The van der Waals surface area contributed by atoms with Crippen LogP contribution in [0, 0.1) is 0 Å². The monoisotopic (exact) mass is 353 g/mol. The second-order valence-corrected chi connectivity index (χ2v) is 15.2. The highest BCUT2D eigenvalue weighted by Crippen LogP contribution is 2.37. The molecule has 1 unspecified atom stereocenters. The van der Waals surface area contributed by atoms with Crippen molar-refractivity contribution in [2.45, 2.75) is 64.4 Å². The van der Waals surface area contributed by atoms with Crippen molar-refractivity contribution in [3.63, 3.8) is 0 Å². The Kier molecular flexibility index (Phi) is 6.53. The number of nitrogens with zero attached hydrogens (tertiary/aromatic N) is 1. The molecule has 0 radical (unpaired) electrons. The van der Waals surface area contributed by atoms with Gasteiger partial charge in [-0.05, 0) is 62.2 Å². The fraction of sp³-hybridized carbons (Fsp3) is 0.611. The molecule has 5 heteroatoms. The summed E-state index contributed by atoms with van der Waals surface area (Å²) in [7, 11) is -1.89. The van der Waals surface area contributed by atoms with Crippen LogP contribution in [0.5, 0.6) is 5.75 Å². The third-order valence-corrected chi connectivity index (χ3v) is 10.3. The quantitative estimate of drug-likeness (QED) is 0.425. The van der Waals surface area contributed by atoms with E-state index >= 15 is 0 Å². The highest BCUT2D eigenvalue weighted by molar-refractivity contribution is 7.92. The summed E-state index contributed by atoms with van der Waals surface area (Å²) in [5.41, 5.74) is 0.947. The lowest BCUT2D eigenvalue weighted by Crippen LogP contribution is -2.44. The zero-order chi connectivity index (χ0) is 17.9. The zero-order valence-corrected chi connectivity index (χ0v) is 17.6. The first-order valence-corrected chi connectivity index (χ1v) is 12.2. The molecule has 0 aromatic heterocycles. The molecule has 0 saturated carbocycles. The van der Waals surface area contributed by atoms with Crippen LogP contribution in [0.4, 0.5) is 0 Å². The summed E-state index contributed by atoms with van der Waals surface area (Å²) < 4.78 is 18.2. The van der Waals surface area contributed by atoms with Crippen molar-refractivity contribution in [3.05, 3.63) is 29.8 Å². The van der Waals surface area contributed by atoms with Gasteiger partial charge in [0.25, 0.3) is 8.32 Å². The lowest BCUT2D eigenvalue weighted by Gasteiger charge is -2.36. The number of benzene rings is 1. The summed E-state index contributed by atoms with van der Waals surface area (Å²) >= 11 is -0.981. The maximum Gasteiger partial charge on any atom is 0.250 e. The van der Waals surface area contributed by atoms with Crippen LogP contribution < -0.4 is 4.43 Å². The molecule has 0 N–H and O–H groups in total. The van der Waals surface area contributed by atoms with Crippen molar-refractivity contribution in [3.8, 4) is 5.75 Å². The summed E-state index contributed by atoms with van der Waals surface area (Å²) in [6, 6.07) is 7.93. The van der Waals surface area contributed by atoms with Crippen LogP contribution in [0.2, 0.25) is 18.1 Å². The third-order valence-electron chi connectivity index (χ3n) is 4.20. The summed E-state index contributed by atoms with van der Waals surface area (Å²) in [6.07, 6.45) is 1.78. The summed E-state index contributed by atoms with van der Waals surface area (Å²) in [5.74, 6) is 1.18. The SMILES string of the molecule is CC(C)(C)[S+]([O-])C/N=C/c1ccccc1O[Si](C)(C)C(C)(C)C. The molecule has 23 heavy (non-hydrogen) atoms. The first-order valence-electron chi connectivity index (χ1n) is 8.01. The van der Waals surface area contributed by atoms with E-state index in [0.717, 1.165) is 11.3 Å². The molecule has 0 bridgehead atoms. The average molecular weight is 354 g/mol. The van der Waals surface area contributed by atoms with Gasteiger partial charge < -0.3 is 8.98 Å². The van der Waals surface area contributed by atoms with Gasteiger partial charge in [0.05, 0.1) is 0 Å². The molecule has 0 heterocycles. The summed E-state index contributed by atoms with van der Waals surface area (Å²) in [4.78, 5) is 4.37. The summed E-state index contributed by atoms with van der Waals surface area (Å²) in [6.45, 7) is 17.0. The Morgan fingerprint density at radius 1 is 1.13 bits per heavy atom. The van der Waals surface area contributed by atoms with Gasteiger partial charge in [-0.15, -0.1) is 0 Å². The molecular weight excluding hydrogens is 322 g/mol. The Labute approximate surface area is 145 Å². The Bertz CT molecular complexity index is 545. The van der Waals surface area contributed by atoms with Crippen LogP contribution >= 0.6 is 0 Å². The van der Waals surface area contributed by atoms with Gasteiger partial charge in [0.2, 0.25) is 0 Å². The number of hydrogen-bond donors (Lipinski definition) is 0. The van der Waals surface area contributed by atoms with E-state index in [9.17, 15) is 4.55 Å². The molecule has 0 spiro atoms. The van der Waals surface area contributed by atoms with Crippen molar-refractivity contribution < 1.29 is 8.98 Å². The first kappa shape index (κ1) is 20.3. The van der Waals surface area contributed by atoms with E-state index < -0.39 is 19.5 Å². The van der Waals surface area contributed by atoms with Crippen LogP contribution in [0.1, 0.15) is 47.1 Å². The molecule has 1 aromatic carbocycles. The van der Waals surface area contributed by atoms with Gasteiger partial charge in [-0.25, -0.2) is 4.99 Å². The lowest BCUT2D eigenvalue weighted by atomic mass is 10.2. The molecule has 130 valence electrons. The highest BCUT2D eigenvalue weighted by atomic mass is 32.2. The second-order valence-electron chi connectivity index (χ2n) is 8.30. The molecule has 1 aromatic rings. The summed E-state index contributed by atoms with van der Waals surface area (Å²) in [5, 5.41) is 0.144. The standard InChI is InChI=1S/C18H31NO2SSi/c1-17(2,3)22(20)14-19-13-15-11-9-10-12-16(15)21-23(7,8)18(4,5)6/h9-13H,14H2,1-8H3/b19-13+. The maximum atomic E-state index is 12.1. The van der Waals surface area contributed by atoms with Crippen LogP contribution in [0.25, 0.3) is 0 Å². The predicted octanol–water partition coefficient (Wildman–Crippen LogP) is 4.99. The Morgan fingerprint density at radius 2 is 1.70 bits per heavy atom. The molecular formula is C18H31NO2SSi. The van der Waals surface area contributed by atoms with E-state index in [-0.39, 0.29) is 9.79 Å². The molecule has 1 atom stereocenters. The van der Waals surface area contributed by atoms with Crippen LogP contribution in [-0.4, -0.2) is 29.7 Å². The van der Waals surface area contributed by atoms with Crippen LogP contribution in [0.3, 0.4) is 0 Å². The minimum Gasteiger partial charge on any atom is -0.614 e. The molecule has 0 saturated heterocycles.